The number of carbonyl (C=O) groups excluding carboxylic acids is 2. The standard InChI is InChI=1S/C40H42Cl2N6O4/c1-20-17-25(18-21(2)34(20)42)52-16-10-11-26-27-14-15-28(41)32(31-23(4)44-46(7)24(31)5)35(27)48-22(3)19-47(40(50)36(26)48)37-33-29(12-9-13-30(33)51-8)45(6)38(37)39(43)49/h9,12-15,17-18,22H,10-11,16,19H2,1-8H3,(H2,43,49)/t22-/m1/s1. The van der Waals surface area contributed by atoms with E-state index in [-0.39, 0.29) is 24.2 Å². The SMILES string of the molecule is COc1cccc2c1c(N1C[C@@H](C)n3c(c(CCCOc4cc(C)c(Cl)c(C)c4)c4ccc(Cl)c(-c5c(C)nn(C)c5C)c43)C1=O)c(C(N)=O)n2C. The number of amides is 2. The van der Waals surface area contributed by atoms with Crippen molar-refractivity contribution in [3.63, 3.8) is 0 Å². The van der Waals surface area contributed by atoms with E-state index in [2.05, 4.69) is 11.5 Å². The maximum Gasteiger partial charge on any atom is 0.275 e. The summed E-state index contributed by atoms with van der Waals surface area (Å²) < 4.78 is 17.7. The van der Waals surface area contributed by atoms with E-state index >= 15 is 4.79 Å². The van der Waals surface area contributed by atoms with Crippen LogP contribution in [0.2, 0.25) is 10.0 Å². The van der Waals surface area contributed by atoms with E-state index in [1.807, 2.05) is 81.9 Å². The molecule has 0 saturated heterocycles. The third kappa shape index (κ3) is 5.42. The minimum Gasteiger partial charge on any atom is -0.496 e. The monoisotopic (exact) mass is 740 g/mol. The minimum absolute atomic E-state index is 0.222. The van der Waals surface area contributed by atoms with Crippen LogP contribution in [0, 0.1) is 27.7 Å². The number of primary amides is 1. The fourth-order valence-corrected chi connectivity index (χ4v) is 8.43. The Balaban J connectivity index is 1.42. The van der Waals surface area contributed by atoms with Crippen LogP contribution >= 0.6 is 23.2 Å². The van der Waals surface area contributed by atoms with Crippen LogP contribution in [0.4, 0.5) is 5.69 Å². The molecule has 1 aliphatic heterocycles. The normalized spacial score (nSPS) is 14.5. The predicted octanol–water partition coefficient (Wildman–Crippen LogP) is 8.41. The first-order valence-electron chi connectivity index (χ1n) is 17.3. The average Bonchev–Trinajstić information content (AvgIpc) is 3.69. The number of nitrogens with two attached hydrogens (primary N) is 1. The van der Waals surface area contributed by atoms with Crippen LogP contribution in [0.25, 0.3) is 32.9 Å². The molecule has 0 bridgehead atoms. The fourth-order valence-electron chi connectivity index (χ4n) is 8.07. The Morgan fingerprint density at radius 2 is 1.75 bits per heavy atom. The van der Waals surface area contributed by atoms with Crippen LogP contribution in [0.15, 0.2) is 42.5 Å². The summed E-state index contributed by atoms with van der Waals surface area (Å²) in [6.45, 7) is 10.7. The highest BCUT2D eigenvalue weighted by molar-refractivity contribution is 6.35. The maximum absolute atomic E-state index is 15.2. The van der Waals surface area contributed by atoms with E-state index in [4.69, 9.17) is 43.5 Å². The molecular formula is C40H42Cl2N6O4. The largest absolute Gasteiger partial charge is 0.496 e. The van der Waals surface area contributed by atoms with Crippen molar-refractivity contribution in [1.29, 1.82) is 0 Å². The number of anilines is 1. The number of aryl methyl sites for hydroxylation is 6. The van der Waals surface area contributed by atoms with Gasteiger partial charge in [0.15, 0.2) is 0 Å². The maximum atomic E-state index is 15.2. The highest BCUT2D eigenvalue weighted by Crippen LogP contribution is 2.47. The molecule has 0 fully saturated rings. The first kappa shape index (κ1) is 35.5. The predicted molar refractivity (Wildman–Crippen MR) is 208 cm³/mol. The fraction of sp³-hybridized carbons (Fsp3) is 0.325. The summed E-state index contributed by atoms with van der Waals surface area (Å²) in [5.41, 5.74) is 15.3. The van der Waals surface area contributed by atoms with Gasteiger partial charge in [-0.15, -0.1) is 0 Å². The zero-order chi connectivity index (χ0) is 37.3. The summed E-state index contributed by atoms with van der Waals surface area (Å²) in [6.07, 6.45) is 1.18. The summed E-state index contributed by atoms with van der Waals surface area (Å²) in [5.74, 6) is 0.420. The van der Waals surface area contributed by atoms with E-state index in [1.54, 1.807) is 23.6 Å². The Hall–Kier alpha value is -4.93. The molecule has 0 aliphatic carbocycles. The van der Waals surface area contributed by atoms with Crippen LogP contribution in [0.1, 0.15) is 68.4 Å². The number of aromatic nitrogens is 4. The number of rotatable bonds is 9. The van der Waals surface area contributed by atoms with E-state index in [0.29, 0.717) is 47.0 Å². The molecule has 52 heavy (non-hydrogen) atoms. The Morgan fingerprint density at radius 3 is 2.38 bits per heavy atom. The number of fused-ring (bicyclic) bond motifs is 4. The van der Waals surface area contributed by atoms with Gasteiger partial charge in [-0.05, 0) is 94.5 Å². The molecule has 6 aromatic rings. The van der Waals surface area contributed by atoms with Crippen LogP contribution in [0.5, 0.6) is 11.5 Å². The highest BCUT2D eigenvalue weighted by Gasteiger charge is 2.40. The van der Waals surface area contributed by atoms with E-state index in [1.165, 1.54) is 0 Å². The molecule has 4 heterocycles. The Kier molecular flexibility index (Phi) is 9.03. The number of nitrogens with zero attached hydrogens (tertiary/aromatic N) is 5. The first-order valence-corrected chi connectivity index (χ1v) is 18.0. The summed E-state index contributed by atoms with van der Waals surface area (Å²) in [6, 6.07) is 13.2. The molecule has 0 spiro atoms. The van der Waals surface area contributed by atoms with Crippen molar-refractivity contribution in [2.24, 2.45) is 19.8 Å². The van der Waals surface area contributed by atoms with Crippen molar-refractivity contribution in [2.45, 2.75) is 53.5 Å². The van der Waals surface area contributed by atoms with Gasteiger partial charge >= 0.3 is 0 Å². The topological polar surface area (TPSA) is 110 Å². The molecule has 1 aliphatic rings. The summed E-state index contributed by atoms with van der Waals surface area (Å²) in [4.78, 5) is 30.0. The molecule has 1 atom stereocenters. The number of hydrogen-bond donors (Lipinski definition) is 1. The molecule has 0 radical (unpaired) electrons. The van der Waals surface area contributed by atoms with Crippen LogP contribution in [0.3, 0.4) is 0 Å². The Labute approximate surface area is 312 Å². The van der Waals surface area contributed by atoms with Gasteiger partial charge in [-0.1, -0.05) is 35.3 Å². The second-order valence-electron chi connectivity index (χ2n) is 13.7. The van der Waals surface area contributed by atoms with Gasteiger partial charge in [-0.25, -0.2) is 0 Å². The molecule has 3 aromatic heterocycles. The van der Waals surface area contributed by atoms with Gasteiger partial charge in [-0.2, -0.15) is 5.10 Å². The first-order chi connectivity index (χ1) is 24.8. The van der Waals surface area contributed by atoms with E-state index in [0.717, 1.165) is 66.4 Å². The number of carbonyl (C=O) groups is 2. The molecule has 12 heteroatoms. The number of benzene rings is 3. The second-order valence-corrected chi connectivity index (χ2v) is 14.5. The van der Waals surface area contributed by atoms with Gasteiger partial charge in [0.1, 0.15) is 22.9 Å². The molecule has 0 unspecified atom stereocenters. The van der Waals surface area contributed by atoms with Crippen molar-refractivity contribution in [2.75, 3.05) is 25.2 Å². The highest BCUT2D eigenvalue weighted by atomic mass is 35.5. The lowest BCUT2D eigenvalue weighted by molar-refractivity contribution is 0.0957. The van der Waals surface area contributed by atoms with Crippen LogP contribution in [-0.2, 0) is 20.5 Å². The molecular weight excluding hydrogens is 699 g/mol. The molecule has 2 amide bonds. The molecule has 3 aromatic carbocycles. The molecule has 0 saturated carbocycles. The number of halogens is 2. The van der Waals surface area contributed by atoms with Gasteiger partial charge in [0.2, 0.25) is 0 Å². The molecule has 10 nitrogen and oxygen atoms in total. The zero-order valence-corrected chi connectivity index (χ0v) is 32.2. The van der Waals surface area contributed by atoms with E-state index in [9.17, 15) is 4.79 Å². The van der Waals surface area contributed by atoms with Crippen molar-refractivity contribution in [3.8, 4) is 22.6 Å². The lowest BCUT2D eigenvalue weighted by atomic mass is 9.98. The number of hydrogen-bond acceptors (Lipinski definition) is 5. The number of ether oxygens (including phenoxy) is 2. The van der Waals surface area contributed by atoms with Gasteiger partial charge in [0, 0.05) is 53.9 Å². The lowest BCUT2D eigenvalue weighted by Gasteiger charge is -2.34. The van der Waals surface area contributed by atoms with Crippen LogP contribution in [-0.4, -0.2) is 51.0 Å². The molecule has 7 rings (SSSR count). The van der Waals surface area contributed by atoms with Crippen molar-refractivity contribution in [3.05, 3.63) is 92.0 Å². The number of methoxy groups -OCH3 is 1. The van der Waals surface area contributed by atoms with Gasteiger partial charge in [0.25, 0.3) is 11.8 Å². The Bertz CT molecular complexity index is 2430. The van der Waals surface area contributed by atoms with E-state index < -0.39 is 5.91 Å². The van der Waals surface area contributed by atoms with Crippen molar-refractivity contribution < 1.29 is 19.1 Å². The summed E-state index contributed by atoms with van der Waals surface area (Å²) in [7, 11) is 5.28. The third-order valence-electron chi connectivity index (χ3n) is 10.4. The van der Waals surface area contributed by atoms with Gasteiger partial charge < -0.3 is 29.2 Å². The summed E-state index contributed by atoms with van der Waals surface area (Å²) in [5, 5.41) is 7.60. The minimum atomic E-state index is -0.635. The zero-order valence-electron chi connectivity index (χ0n) is 30.6. The van der Waals surface area contributed by atoms with Gasteiger partial charge in [0.05, 0.1) is 46.5 Å². The molecule has 2 N–H and O–H groups in total. The second kappa shape index (κ2) is 13.2. The average molecular weight is 742 g/mol. The Morgan fingerprint density at radius 1 is 1.04 bits per heavy atom. The summed E-state index contributed by atoms with van der Waals surface area (Å²) >= 11 is 13.5. The van der Waals surface area contributed by atoms with Crippen molar-refractivity contribution >= 4 is 62.5 Å². The quantitative estimate of drug-likeness (QED) is 0.150. The third-order valence-corrected chi connectivity index (χ3v) is 11.4. The van der Waals surface area contributed by atoms with Gasteiger partial charge in [-0.3, -0.25) is 14.3 Å². The smallest absolute Gasteiger partial charge is 0.275 e. The van der Waals surface area contributed by atoms with Crippen LogP contribution < -0.4 is 20.1 Å². The molecule has 270 valence electrons. The van der Waals surface area contributed by atoms with Crippen molar-refractivity contribution in [1.82, 2.24) is 18.9 Å². The lowest BCUT2D eigenvalue weighted by Crippen LogP contribution is -2.43.